The Balaban J connectivity index is 1.60. The van der Waals surface area contributed by atoms with Crippen molar-refractivity contribution in [1.29, 1.82) is 0 Å². The van der Waals surface area contributed by atoms with Crippen LogP contribution < -0.4 is 25.8 Å². The van der Waals surface area contributed by atoms with Gasteiger partial charge in [0.2, 0.25) is 0 Å². The predicted molar refractivity (Wildman–Crippen MR) is 117 cm³/mol. The SMILES string of the molecule is COc1ccc(CCNc2ncnc(NCc3ccccc3Cl)c2N)cc1OC. The molecule has 0 atom stereocenters. The van der Waals surface area contributed by atoms with Crippen LogP contribution in [0.15, 0.2) is 48.8 Å². The third kappa shape index (κ3) is 5.20. The summed E-state index contributed by atoms with van der Waals surface area (Å²) in [5.74, 6) is 2.56. The average Bonchev–Trinajstić information content (AvgIpc) is 2.75. The van der Waals surface area contributed by atoms with Gasteiger partial charge in [0.05, 0.1) is 14.2 Å². The van der Waals surface area contributed by atoms with Gasteiger partial charge in [-0.15, -0.1) is 0 Å². The molecule has 8 heteroatoms. The zero-order valence-electron chi connectivity index (χ0n) is 16.4. The van der Waals surface area contributed by atoms with E-state index in [1.54, 1.807) is 14.2 Å². The number of nitrogens with one attached hydrogen (secondary N) is 2. The summed E-state index contributed by atoms with van der Waals surface area (Å²) < 4.78 is 10.6. The van der Waals surface area contributed by atoms with Crippen molar-refractivity contribution in [2.24, 2.45) is 0 Å². The number of benzene rings is 2. The maximum absolute atomic E-state index is 6.23. The van der Waals surface area contributed by atoms with Gasteiger partial charge in [0.15, 0.2) is 23.1 Å². The molecule has 4 N–H and O–H groups in total. The minimum atomic E-state index is 0.465. The molecular weight excluding hydrogens is 390 g/mol. The normalized spacial score (nSPS) is 10.4. The topological polar surface area (TPSA) is 94.3 Å². The van der Waals surface area contributed by atoms with E-state index in [9.17, 15) is 0 Å². The lowest BCUT2D eigenvalue weighted by Crippen LogP contribution is -2.12. The van der Waals surface area contributed by atoms with Gasteiger partial charge in [-0.25, -0.2) is 9.97 Å². The number of ether oxygens (including phenoxy) is 2. The second kappa shape index (κ2) is 9.84. The van der Waals surface area contributed by atoms with Crippen LogP contribution in [-0.2, 0) is 13.0 Å². The van der Waals surface area contributed by atoms with Gasteiger partial charge in [-0.2, -0.15) is 0 Å². The molecule has 0 saturated heterocycles. The van der Waals surface area contributed by atoms with E-state index in [0.29, 0.717) is 46.9 Å². The summed E-state index contributed by atoms with van der Waals surface area (Å²) >= 11 is 6.20. The van der Waals surface area contributed by atoms with E-state index in [4.69, 9.17) is 26.8 Å². The summed E-state index contributed by atoms with van der Waals surface area (Å²) in [5, 5.41) is 7.17. The molecule has 7 nitrogen and oxygen atoms in total. The first-order valence-corrected chi connectivity index (χ1v) is 9.52. The molecule has 0 fully saturated rings. The van der Waals surface area contributed by atoms with Gasteiger partial charge in [0, 0.05) is 18.1 Å². The van der Waals surface area contributed by atoms with Crippen molar-refractivity contribution in [2.45, 2.75) is 13.0 Å². The van der Waals surface area contributed by atoms with Crippen LogP contribution in [0.2, 0.25) is 5.02 Å². The molecule has 0 radical (unpaired) electrons. The Kier molecular flexibility index (Phi) is 6.97. The van der Waals surface area contributed by atoms with Gasteiger partial charge in [-0.1, -0.05) is 35.9 Å². The molecular formula is C21H24ClN5O2. The highest BCUT2D eigenvalue weighted by molar-refractivity contribution is 6.31. The fourth-order valence-electron chi connectivity index (χ4n) is 2.86. The number of nitrogens with two attached hydrogens (primary N) is 1. The molecule has 0 aliphatic heterocycles. The summed E-state index contributed by atoms with van der Waals surface area (Å²) in [6.07, 6.45) is 2.25. The number of hydrogen-bond donors (Lipinski definition) is 3. The maximum atomic E-state index is 6.23. The van der Waals surface area contributed by atoms with Crippen LogP contribution in [0.1, 0.15) is 11.1 Å². The lowest BCUT2D eigenvalue weighted by molar-refractivity contribution is 0.354. The highest BCUT2D eigenvalue weighted by Gasteiger charge is 2.09. The third-order valence-electron chi connectivity index (χ3n) is 4.44. The molecule has 0 saturated carbocycles. The van der Waals surface area contributed by atoms with Crippen LogP contribution in [0, 0.1) is 0 Å². The van der Waals surface area contributed by atoms with Crippen molar-refractivity contribution < 1.29 is 9.47 Å². The molecule has 3 rings (SSSR count). The number of nitrogens with zero attached hydrogens (tertiary/aromatic N) is 2. The highest BCUT2D eigenvalue weighted by atomic mass is 35.5. The number of methoxy groups -OCH3 is 2. The van der Waals surface area contributed by atoms with Crippen LogP contribution >= 0.6 is 11.6 Å². The van der Waals surface area contributed by atoms with Crippen molar-refractivity contribution in [2.75, 3.05) is 37.1 Å². The van der Waals surface area contributed by atoms with Crippen molar-refractivity contribution in [3.8, 4) is 11.5 Å². The first-order valence-electron chi connectivity index (χ1n) is 9.15. The molecule has 3 aromatic rings. The highest BCUT2D eigenvalue weighted by Crippen LogP contribution is 2.28. The lowest BCUT2D eigenvalue weighted by atomic mass is 10.1. The van der Waals surface area contributed by atoms with Crippen molar-refractivity contribution in [3.63, 3.8) is 0 Å². The van der Waals surface area contributed by atoms with Gasteiger partial charge in [0.1, 0.15) is 12.0 Å². The van der Waals surface area contributed by atoms with E-state index >= 15 is 0 Å². The van der Waals surface area contributed by atoms with E-state index in [1.807, 2.05) is 42.5 Å². The second-order valence-electron chi connectivity index (χ2n) is 6.30. The number of halogens is 1. The minimum Gasteiger partial charge on any atom is -0.493 e. The Hall–Kier alpha value is -3.19. The van der Waals surface area contributed by atoms with E-state index < -0.39 is 0 Å². The minimum absolute atomic E-state index is 0.465. The Morgan fingerprint density at radius 2 is 1.69 bits per heavy atom. The van der Waals surface area contributed by atoms with E-state index in [1.165, 1.54) is 6.33 Å². The fraction of sp³-hybridized carbons (Fsp3) is 0.238. The van der Waals surface area contributed by atoms with Crippen molar-refractivity contribution in [3.05, 3.63) is 64.9 Å². The molecule has 0 aliphatic carbocycles. The average molecular weight is 414 g/mol. The zero-order chi connectivity index (χ0) is 20.6. The molecule has 2 aromatic carbocycles. The van der Waals surface area contributed by atoms with Crippen LogP contribution in [-0.4, -0.2) is 30.7 Å². The van der Waals surface area contributed by atoms with Crippen molar-refractivity contribution in [1.82, 2.24) is 9.97 Å². The summed E-state index contributed by atoms with van der Waals surface area (Å²) in [6, 6.07) is 13.5. The molecule has 0 unspecified atom stereocenters. The summed E-state index contributed by atoms with van der Waals surface area (Å²) in [6.45, 7) is 1.17. The quantitative estimate of drug-likeness (QED) is 0.488. The largest absolute Gasteiger partial charge is 0.493 e. The maximum Gasteiger partial charge on any atom is 0.160 e. The van der Waals surface area contributed by atoms with E-state index in [0.717, 1.165) is 17.5 Å². The molecule has 1 aromatic heterocycles. The Labute approximate surface area is 175 Å². The van der Waals surface area contributed by atoms with Gasteiger partial charge in [-0.3, -0.25) is 0 Å². The van der Waals surface area contributed by atoms with Gasteiger partial charge < -0.3 is 25.8 Å². The predicted octanol–water partition coefficient (Wildman–Crippen LogP) is 4.00. The van der Waals surface area contributed by atoms with Crippen LogP contribution in [0.25, 0.3) is 0 Å². The molecule has 0 aliphatic rings. The number of rotatable bonds is 9. The standard InChI is InChI=1S/C21H24ClN5O2/c1-28-17-8-7-14(11-18(17)29-2)9-10-24-20-19(23)21(27-13-26-20)25-12-15-5-3-4-6-16(15)22/h3-8,11,13H,9-10,12,23H2,1-2H3,(H2,24,25,26,27). The molecule has 0 spiro atoms. The molecule has 0 amide bonds. The van der Waals surface area contributed by atoms with Gasteiger partial charge in [0.25, 0.3) is 0 Å². The zero-order valence-corrected chi connectivity index (χ0v) is 17.2. The van der Waals surface area contributed by atoms with Crippen molar-refractivity contribution >= 4 is 28.9 Å². The fourth-order valence-corrected chi connectivity index (χ4v) is 3.06. The van der Waals surface area contributed by atoms with Gasteiger partial charge in [-0.05, 0) is 35.7 Å². The molecule has 0 bridgehead atoms. The summed E-state index contributed by atoms with van der Waals surface area (Å²) in [7, 11) is 3.24. The number of nitrogen functional groups attached to an aromatic ring is 1. The molecule has 1 heterocycles. The number of anilines is 3. The molecule has 152 valence electrons. The number of hydrogen-bond acceptors (Lipinski definition) is 7. The lowest BCUT2D eigenvalue weighted by Gasteiger charge is -2.13. The Morgan fingerprint density at radius 3 is 2.41 bits per heavy atom. The molecule has 29 heavy (non-hydrogen) atoms. The Morgan fingerprint density at radius 1 is 0.966 bits per heavy atom. The summed E-state index contributed by atoms with van der Waals surface area (Å²) in [5.41, 5.74) is 8.77. The van der Waals surface area contributed by atoms with Crippen LogP contribution in [0.5, 0.6) is 11.5 Å². The summed E-state index contributed by atoms with van der Waals surface area (Å²) in [4.78, 5) is 8.48. The first-order chi connectivity index (χ1) is 14.1. The smallest absolute Gasteiger partial charge is 0.160 e. The Bertz CT molecular complexity index is 968. The number of aromatic nitrogens is 2. The van der Waals surface area contributed by atoms with Crippen LogP contribution in [0.3, 0.4) is 0 Å². The van der Waals surface area contributed by atoms with E-state index in [-0.39, 0.29) is 0 Å². The third-order valence-corrected chi connectivity index (χ3v) is 4.81. The first kappa shape index (κ1) is 20.5. The van der Waals surface area contributed by atoms with Crippen LogP contribution in [0.4, 0.5) is 17.3 Å². The second-order valence-corrected chi connectivity index (χ2v) is 6.70. The monoisotopic (exact) mass is 413 g/mol. The van der Waals surface area contributed by atoms with Gasteiger partial charge >= 0.3 is 0 Å². The van der Waals surface area contributed by atoms with E-state index in [2.05, 4.69) is 20.6 Å².